The van der Waals surface area contributed by atoms with Crippen LogP contribution in [0.2, 0.25) is 0 Å². The second-order valence-corrected chi connectivity index (χ2v) is 9.44. The van der Waals surface area contributed by atoms with Gasteiger partial charge in [-0.3, -0.25) is 4.79 Å². The van der Waals surface area contributed by atoms with E-state index in [4.69, 9.17) is 4.74 Å². The maximum Gasteiger partial charge on any atom is 0.408 e. The molecule has 0 bridgehead atoms. The van der Waals surface area contributed by atoms with Gasteiger partial charge in [0.1, 0.15) is 12.1 Å². The zero-order chi connectivity index (χ0) is 24.5. The minimum Gasteiger partial charge on any atom is -0.478 e. The normalized spacial score (nSPS) is 12.4. The van der Waals surface area contributed by atoms with E-state index < -0.39 is 23.5 Å². The third kappa shape index (κ3) is 4.68. The third-order valence-electron chi connectivity index (χ3n) is 5.79. The van der Waals surface area contributed by atoms with Crippen molar-refractivity contribution in [2.45, 2.75) is 25.3 Å². The average Bonchev–Trinajstić information content (AvgIpc) is 3.11. The molecule has 3 aromatic rings. The number of nitrogens with one attached hydrogen (secondary N) is 2. The molecule has 34 heavy (non-hydrogen) atoms. The van der Waals surface area contributed by atoms with Gasteiger partial charge in [0.05, 0.1) is 11.3 Å². The van der Waals surface area contributed by atoms with Gasteiger partial charge in [0.2, 0.25) is 5.91 Å². The largest absolute Gasteiger partial charge is 0.478 e. The Morgan fingerprint density at radius 1 is 0.971 bits per heavy atom. The molecule has 174 valence electrons. The van der Waals surface area contributed by atoms with Gasteiger partial charge in [0, 0.05) is 10.4 Å². The summed E-state index contributed by atoms with van der Waals surface area (Å²) < 4.78 is 6.13. The number of halogens is 1. The summed E-state index contributed by atoms with van der Waals surface area (Å²) in [6, 6.07) is 20.5. The minimum absolute atomic E-state index is 0.0616. The Morgan fingerprint density at radius 3 is 2.15 bits per heavy atom. The lowest BCUT2D eigenvalue weighted by Gasteiger charge is -2.25. The van der Waals surface area contributed by atoms with Crippen LogP contribution in [0.4, 0.5) is 10.5 Å². The number of hydrogen-bond acceptors (Lipinski definition) is 4. The minimum atomic E-state index is -1.36. The van der Waals surface area contributed by atoms with Gasteiger partial charge in [-0.2, -0.15) is 0 Å². The van der Waals surface area contributed by atoms with Crippen molar-refractivity contribution >= 4 is 39.6 Å². The number of aromatic carboxylic acids is 1. The summed E-state index contributed by atoms with van der Waals surface area (Å²) in [6.07, 6.45) is -0.741. The van der Waals surface area contributed by atoms with Crippen molar-refractivity contribution in [3.63, 3.8) is 0 Å². The van der Waals surface area contributed by atoms with Crippen LogP contribution in [-0.4, -0.2) is 35.2 Å². The van der Waals surface area contributed by atoms with Gasteiger partial charge in [0.15, 0.2) is 0 Å². The predicted molar refractivity (Wildman–Crippen MR) is 132 cm³/mol. The number of hydrogen-bond donors (Lipinski definition) is 3. The molecule has 1 aliphatic carbocycles. The molecule has 3 N–H and O–H groups in total. The molecule has 0 aromatic heterocycles. The van der Waals surface area contributed by atoms with Crippen molar-refractivity contribution in [2.24, 2.45) is 0 Å². The quantitative estimate of drug-likeness (QED) is 0.401. The fraction of sp³-hybridized carbons (Fsp3) is 0.192. The molecule has 0 saturated heterocycles. The summed E-state index contributed by atoms with van der Waals surface area (Å²) in [5, 5.41) is 14.5. The number of carboxylic acid groups (broad SMARTS) is 1. The number of alkyl carbamates (subject to hydrolysis) is 1. The van der Waals surface area contributed by atoms with Crippen molar-refractivity contribution < 1.29 is 24.2 Å². The van der Waals surface area contributed by atoms with E-state index in [0.717, 1.165) is 22.3 Å². The molecular weight excluding hydrogens is 500 g/mol. The Bertz CT molecular complexity index is 1240. The molecule has 0 heterocycles. The highest BCUT2D eigenvalue weighted by Gasteiger charge is 2.33. The Kier molecular flexibility index (Phi) is 6.43. The van der Waals surface area contributed by atoms with Gasteiger partial charge < -0.3 is 20.5 Å². The topological polar surface area (TPSA) is 105 Å². The van der Waals surface area contributed by atoms with E-state index in [1.807, 2.05) is 36.4 Å². The number of fused-ring (bicyclic) bond motifs is 3. The van der Waals surface area contributed by atoms with Gasteiger partial charge in [-0.1, -0.05) is 64.5 Å². The Balaban J connectivity index is 1.43. The molecule has 0 saturated carbocycles. The fourth-order valence-electron chi connectivity index (χ4n) is 4.03. The maximum atomic E-state index is 12.9. The summed E-state index contributed by atoms with van der Waals surface area (Å²) in [5.41, 5.74) is 3.11. The van der Waals surface area contributed by atoms with E-state index in [2.05, 4.69) is 38.7 Å². The number of carbonyl (C=O) groups is 3. The zero-order valence-corrected chi connectivity index (χ0v) is 20.2. The summed E-state index contributed by atoms with van der Waals surface area (Å²) >= 11 is 3.27. The van der Waals surface area contributed by atoms with E-state index in [9.17, 15) is 19.5 Å². The number of rotatable bonds is 6. The first kappa shape index (κ1) is 23.5. The van der Waals surface area contributed by atoms with Crippen LogP contribution in [-0.2, 0) is 9.53 Å². The van der Waals surface area contributed by atoms with E-state index in [1.165, 1.54) is 26.0 Å². The van der Waals surface area contributed by atoms with Gasteiger partial charge in [-0.25, -0.2) is 9.59 Å². The molecule has 1 aliphatic rings. The first-order valence-corrected chi connectivity index (χ1v) is 11.4. The molecule has 0 fully saturated rings. The summed E-state index contributed by atoms with van der Waals surface area (Å²) in [5.74, 6) is -1.86. The Hall–Kier alpha value is -3.65. The van der Waals surface area contributed by atoms with E-state index >= 15 is 0 Å². The molecule has 4 rings (SSSR count). The predicted octanol–water partition coefficient (Wildman–Crippen LogP) is 5.40. The number of benzene rings is 3. The lowest BCUT2D eigenvalue weighted by molar-refractivity contribution is -0.121. The van der Waals surface area contributed by atoms with Crippen LogP contribution in [0, 0.1) is 0 Å². The van der Waals surface area contributed by atoms with Crippen LogP contribution >= 0.6 is 15.9 Å². The molecule has 2 amide bonds. The molecule has 7 nitrogen and oxygen atoms in total. The highest BCUT2D eigenvalue weighted by molar-refractivity contribution is 9.10. The zero-order valence-electron chi connectivity index (χ0n) is 18.6. The summed E-state index contributed by atoms with van der Waals surface area (Å²) in [7, 11) is 0. The van der Waals surface area contributed by atoms with E-state index in [-0.39, 0.29) is 23.8 Å². The molecule has 0 unspecified atom stereocenters. The SMILES string of the molecule is CC(C)(NC(=O)OCC1c2ccccc2-c2ccccc21)C(=O)Nc1cc(Br)ccc1C(=O)O. The third-order valence-corrected chi connectivity index (χ3v) is 6.28. The molecule has 8 heteroatoms. The lowest BCUT2D eigenvalue weighted by atomic mass is 9.98. The summed E-state index contributed by atoms with van der Waals surface area (Å²) in [4.78, 5) is 36.9. The smallest absolute Gasteiger partial charge is 0.408 e. The van der Waals surface area contributed by atoms with Crippen LogP contribution in [0.15, 0.2) is 71.2 Å². The first-order valence-electron chi connectivity index (χ1n) is 10.6. The van der Waals surface area contributed by atoms with Crippen LogP contribution < -0.4 is 10.6 Å². The Labute approximate surface area is 205 Å². The first-order chi connectivity index (χ1) is 16.2. The molecule has 0 radical (unpaired) electrons. The molecule has 3 aromatic carbocycles. The number of carboxylic acids is 1. The molecule has 0 spiro atoms. The highest BCUT2D eigenvalue weighted by Crippen LogP contribution is 2.44. The fourth-order valence-corrected chi connectivity index (χ4v) is 4.39. The van der Waals surface area contributed by atoms with Crippen molar-refractivity contribution in [2.75, 3.05) is 11.9 Å². The van der Waals surface area contributed by atoms with Crippen molar-refractivity contribution in [1.29, 1.82) is 0 Å². The number of anilines is 1. The van der Waals surface area contributed by atoms with Gasteiger partial charge in [0.25, 0.3) is 0 Å². The van der Waals surface area contributed by atoms with Crippen LogP contribution in [0.3, 0.4) is 0 Å². The monoisotopic (exact) mass is 522 g/mol. The molecule has 0 aliphatic heterocycles. The van der Waals surface area contributed by atoms with Crippen LogP contribution in [0.5, 0.6) is 0 Å². The van der Waals surface area contributed by atoms with E-state index in [0.29, 0.717) is 4.47 Å². The number of ether oxygens (including phenoxy) is 1. The molecular formula is C26H23BrN2O5. The maximum absolute atomic E-state index is 12.9. The Morgan fingerprint density at radius 2 is 1.56 bits per heavy atom. The van der Waals surface area contributed by atoms with Gasteiger partial charge >= 0.3 is 12.1 Å². The average molecular weight is 523 g/mol. The lowest BCUT2D eigenvalue weighted by Crippen LogP contribution is -2.52. The number of carbonyl (C=O) groups excluding carboxylic acids is 2. The van der Waals surface area contributed by atoms with Gasteiger partial charge in [-0.15, -0.1) is 0 Å². The molecule has 0 atom stereocenters. The van der Waals surface area contributed by atoms with Gasteiger partial charge in [-0.05, 0) is 54.3 Å². The standard InChI is InChI=1S/C26H23BrN2O5/c1-26(2,24(32)28-22-13-15(27)11-12-20(22)23(30)31)29-25(33)34-14-21-18-9-5-3-7-16(18)17-8-4-6-10-19(17)21/h3-13,21H,14H2,1-2H3,(H,28,32)(H,29,33)(H,30,31). The van der Waals surface area contributed by atoms with Crippen molar-refractivity contribution in [3.05, 3.63) is 87.9 Å². The van der Waals surface area contributed by atoms with Crippen molar-refractivity contribution in [1.82, 2.24) is 5.32 Å². The highest BCUT2D eigenvalue weighted by atomic mass is 79.9. The second-order valence-electron chi connectivity index (χ2n) is 8.52. The van der Waals surface area contributed by atoms with E-state index in [1.54, 1.807) is 6.07 Å². The second kappa shape index (κ2) is 9.30. The number of amides is 2. The summed E-state index contributed by atoms with van der Waals surface area (Å²) in [6.45, 7) is 3.15. The van der Waals surface area contributed by atoms with Crippen LogP contribution in [0.1, 0.15) is 41.3 Å². The van der Waals surface area contributed by atoms with Crippen molar-refractivity contribution in [3.8, 4) is 11.1 Å². The van der Waals surface area contributed by atoms with Crippen LogP contribution in [0.25, 0.3) is 11.1 Å².